The highest BCUT2D eigenvalue weighted by atomic mass is 35.5. The molecular formula is C23H19ClFNO2. The summed E-state index contributed by atoms with van der Waals surface area (Å²) in [5, 5.41) is 3.89. The van der Waals surface area contributed by atoms with Crippen LogP contribution in [-0.4, -0.2) is 12.1 Å². The van der Waals surface area contributed by atoms with E-state index in [0.717, 1.165) is 17.5 Å². The van der Waals surface area contributed by atoms with Gasteiger partial charge in [0.15, 0.2) is 5.78 Å². The molecule has 0 fully saturated rings. The minimum atomic E-state index is -0.673. The van der Waals surface area contributed by atoms with Gasteiger partial charge < -0.3 is 5.32 Å². The highest BCUT2D eigenvalue weighted by Gasteiger charge is 2.39. The van der Waals surface area contributed by atoms with Crippen molar-refractivity contribution in [2.75, 3.05) is 0 Å². The van der Waals surface area contributed by atoms with Crippen LogP contribution in [-0.2, 0) is 9.59 Å². The summed E-state index contributed by atoms with van der Waals surface area (Å²) in [7, 11) is 0. The molecule has 3 nitrogen and oxygen atoms in total. The Balaban J connectivity index is 1.79. The van der Waals surface area contributed by atoms with Crippen molar-refractivity contribution in [3.05, 3.63) is 93.0 Å². The van der Waals surface area contributed by atoms with Crippen LogP contribution in [0.4, 0.5) is 4.39 Å². The largest absolute Gasteiger partial charge is 0.362 e. The Bertz CT molecular complexity index is 1020. The second kappa shape index (κ2) is 7.36. The fraction of sp³-hybridized carbons (Fsp3) is 0.217. The molecule has 2 atom stereocenters. The normalized spacial score (nSPS) is 22.0. The van der Waals surface area contributed by atoms with Gasteiger partial charge in [-0.2, -0.15) is 0 Å². The number of rotatable bonds is 3. The summed E-state index contributed by atoms with van der Waals surface area (Å²) in [6.45, 7) is 1.79. The van der Waals surface area contributed by atoms with Crippen LogP contribution in [0.15, 0.2) is 71.1 Å². The number of Topliss-reactive ketones (excluding diaryl/α,β-unsaturated/α-hetero) is 1. The first-order valence-corrected chi connectivity index (χ1v) is 9.56. The molecule has 2 aliphatic rings. The lowest BCUT2D eigenvalue weighted by molar-refractivity contribution is -0.116. The van der Waals surface area contributed by atoms with Crippen LogP contribution in [0.3, 0.4) is 0 Å². The molecule has 28 heavy (non-hydrogen) atoms. The molecule has 1 aliphatic heterocycles. The molecule has 0 amide bonds. The van der Waals surface area contributed by atoms with Crippen molar-refractivity contribution >= 4 is 23.7 Å². The molecule has 4 rings (SSSR count). The molecule has 0 radical (unpaired) electrons. The molecule has 0 saturated heterocycles. The van der Waals surface area contributed by atoms with Crippen LogP contribution in [0.25, 0.3) is 0 Å². The number of carbonyl (C=O) groups excluding carboxylic acids is 2. The van der Waals surface area contributed by atoms with Gasteiger partial charge in [0, 0.05) is 45.5 Å². The molecule has 0 saturated carbocycles. The van der Waals surface area contributed by atoms with Crippen LogP contribution in [0.1, 0.15) is 42.7 Å². The average Bonchev–Trinajstić information content (AvgIpc) is 2.68. The topological polar surface area (TPSA) is 46.2 Å². The fourth-order valence-electron chi connectivity index (χ4n) is 4.21. The number of nitrogens with one attached hydrogen (secondary N) is 1. The van der Waals surface area contributed by atoms with E-state index >= 15 is 0 Å². The van der Waals surface area contributed by atoms with Crippen molar-refractivity contribution in [2.24, 2.45) is 0 Å². The van der Waals surface area contributed by atoms with Gasteiger partial charge in [0.1, 0.15) is 12.1 Å². The molecule has 2 unspecified atom stereocenters. The lowest BCUT2D eigenvalue weighted by atomic mass is 9.72. The highest BCUT2D eigenvalue weighted by Crippen LogP contribution is 2.45. The van der Waals surface area contributed by atoms with Crippen molar-refractivity contribution in [2.45, 2.75) is 31.6 Å². The summed E-state index contributed by atoms with van der Waals surface area (Å²) in [6, 6.07) is 13.8. The third-order valence-electron chi connectivity index (χ3n) is 5.56. The molecule has 2 aromatic carbocycles. The van der Waals surface area contributed by atoms with E-state index in [9.17, 15) is 14.0 Å². The number of hydrogen-bond donors (Lipinski definition) is 1. The van der Waals surface area contributed by atoms with Gasteiger partial charge in [0.2, 0.25) is 0 Å². The van der Waals surface area contributed by atoms with E-state index in [1.165, 1.54) is 6.07 Å². The molecular weight excluding hydrogens is 377 g/mol. The second-order valence-corrected chi connectivity index (χ2v) is 7.69. The molecule has 1 aliphatic carbocycles. The Morgan fingerprint density at radius 3 is 2.50 bits per heavy atom. The quantitative estimate of drug-likeness (QED) is 0.740. The number of aldehydes is 1. The lowest BCUT2D eigenvalue weighted by Crippen LogP contribution is -2.34. The van der Waals surface area contributed by atoms with Crippen molar-refractivity contribution in [1.29, 1.82) is 0 Å². The molecule has 2 aromatic rings. The van der Waals surface area contributed by atoms with E-state index in [-0.39, 0.29) is 11.7 Å². The summed E-state index contributed by atoms with van der Waals surface area (Å²) in [6.07, 6.45) is 1.66. The van der Waals surface area contributed by atoms with Gasteiger partial charge >= 0.3 is 0 Å². The van der Waals surface area contributed by atoms with Gasteiger partial charge in [-0.15, -0.1) is 0 Å². The van der Waals surface area contributed by atoms with Gasteiger partial charge in [-0.3, -0.25) is 9.59 Å². The van der Waals surface area contributed by atoms with Crippen molar-refractivity contribution in [1.82, 2.24) is 5.32 Å². The summed E-state index contributed by atoms with van der Waals surface area (Å²) in [4.78, 5) is 25.0. The summed E-state index contributed by atoms with van der Waals surface area (Å²) in [5.41, 5.74) is 3.73. The van der Waals surface area contributed by atoms with Crippen LogP contribution >= 0.6 is 11.6 Å². The Labute approximate surface area is 167 Å². The monoisotopic (exact) mass is 395 g/mol. The maximum absolute atomic E-state index is 14.6. The van der Waals surface area contributed by atoms with Gasteiger partial charge in [0.25, 0.3) is 0 Å². The minimum absolute atomic E-state index is 0.0165. The van der Waals surface area contributed by atoms with Crippen LogP contribution in [0, 0.1) is 5.82 Å². The zero-order valence-electron chi connectivity index (χ0n) is 15.3. The second-order valence-electron chi connectivity index (χ2n) is 7.25. The summed E-state index contributed by atoms with van der Waals surface area (Å²) < 4.78 is 14.6. The number of dihydropyridines is 1. The highest BCUT2D eigenvalue weighted by molar-refractivity contribution is 6.30. The SMILES string of the molecule is CC1=C(C=O)C(c2ccccc2F)C2=C(CC(c3ccc(Cl)cc3)CC2=O)N1. The lowest BCUT2D eigenvalue weighted by Gasteiger charge is -2.36. The number of benzene rings is 2. The molecule has 142 valence electrons. The Kier molecular flexibility index (Phi) is 4.90. The zero-order valence-corrected chi connectivity index (χ0v) is 16.1. The molecule has 0 bridgehead atoms. The fourth-order valence-corrected chi connectivity index (χ4v) is 4.34. The number of allylic oxidation sites excluding steroid dienone is 4. The summed E-state index contributed by atoms with van der Waals surface area (Å²) >= 11 is 5.98. The van der Waals surface area contributed by atoms with E-state index < -0.39 is 11.7 Å². The maximum Gasteiger partial charge on any atom is 0.162 e. The summed E-state index contributed by atoms with van der Waals surface area (Å²) in [5.74, 6) is -1.13. The van der Waals surface area contributed by atoms with Gasteiger partial charge in [-0.1, -0.05) is 41.9 Å². The van der Waals surface area contributed by atoms with Gasteiger partial charge in [-0.05, 0) is 43.0 Å². The minimum Gasteiger partial charge on any atom is -0.362 e. The Morgan fingerprint density at radius 1 is 1.11 bits per heavy atom. The van der Waals surface area contributed by atoms with Gasteiger partial charge in [0.05, 0.1) is 0 Å². The third kappa shape index (κ3) is 3.18. The van der Waals surface area contributed by atoms with E-state index in [4.69, 9.17) is 11.6 Å². The predicted molar refractivity (Wildman–Crippen MR) is 107 cm³/mol. The number of carbonyl (C=O) groups is 2. The van der Waals surface area contributed by atoms with E-state index in [0.29, 0.717) is 40.3 Å². The van der Waals surface area contributed by atoms with E-state index in [2.05, 4.69) is 5.32 Å². The van der Waals surface area contributed by atoms with Crippen LogP contribution < -0.4 is 5.32 Å². The Hall–Kier alpha value is -2.72. The maximum atomic E-state index is 14.6. The van der Waals surface area contributed by atoms with E-state index in [1.807, 2.05) is 24.3 Å². The average molecular weight is 396 g/mol. The first-order valence-electron chi connectivity index (χ1n) is 9.18. The number of ketones is 1. The first-order chi connectivity index (χ1) is 13.5. The molecule has 0 spiro atoms. The van der Waals surface area contributed by atoms with Crippen molar-refractivity contribution in [3.63, 3.8) is 0 Å². The van der Waals surface area contributed by atoms with Crippen molar-refractivity contribution < 1.29 is 14.0 Å². The molecule has 1 N–H and O–H groups in total. The number of hydrogen-bond acceptors (Lipinski definition) is 3. The molecule has 1 heterocycles. The van der Waals surface area contributed by atoms with Crippen molar-refractivity contribution in [3.8, 4) is 0 Å². The number of halogens is 2. The third-order valence-corrected chi connectivity index (χ3v) is 5.82. The standard InChI is InChI=1S/C23H19ClFNO2/c1-13-18(12-27)22(17-4-2-3-5-19(17)25)23-20(26-13)10-15(11-21(23)28)14-6-8-16(24)9-7-14/h2-9,12,15,22,26H,10-11H2,1H3. The zero-order chi connectivity index (χ0) is 19.8. The first kappa shape index (κ1) is 18.6. The Morgan fingerprint density at radius 2 is 1.82 bits per heavy atom. The molecule has 0 aromatic heterocycles. The van der Waals surface area contributed by atoms with E-state index in [1.54, 1.807) is 25.1 Å². The molecule has 5 heteroatoms. The smallest absolute Gasteiger partial charge is 0.162 e. The predicted octanol–water partition coefficient (Wildman–Crippen LogP) is 5.04. The van der Waals surface area contributed by atoms with Gasteiger partial charge in [-0.25, -0.2) is 4.39 Å². The van der Waals surface area contributed by atoms with Crippen LogP contribution in [0.2, 0.25) is 5.02 Å². The van der Waals surface area contributed by atoms with Crippen LogP contribution in [0.5, 0.6) is 0 Å².